The maximum atomic E-state index is 10.0. The van der Waals surface area contributed by atoms with Crippen molar-refractivity contribution in [2.24, 2.45) is 0 Å². The maximum Gasteiger partial charge on any atom is 0.305 e. The van der Waals surface area contributed by atoms with Crippen molar-refractivity contribution >= 4 is 5.97 Å². The summed E-state index contributed by atoms with van der Waals surface area (Å²) in [6.45, 7) is 2.02. The number of esters is 1. The van der Waals surface area contributed by atoms with Crippen LogP contribution >= 0.6 is 0 Å². The Labute approximate surface area is 72.8 Å². The molecular weight excluding hydrogens is 160 g/mol. The molecule has 0 radical (unpaired) electrons. The van der Waals surface area contributed by atoms with E-state index < -0.39 is 0 Å². The van der Waals surface area contributed by atoms with E-state index in [1.165, 1.54) is 0 Å². The normalized spacial score (nSPS) is 15.0. The summed E-state index contributed by atoms with van der Waals surface area (Å²) < 4.78 is 13.8. The minimum absolute atomic E-state index is 0.0463. The number of hydrogen-bond donors (Lipinski definition) is 0. The highest BCUT2D eigenvalue weighted by Crippen LogP contribution is 2.01. The maximum absolute atomic E-state index is 10.0. The molecule has 0 aromatic rings. The Morgan fingerprint density at radius 2 is 1.92 bits per heavy atom. The standard InChI is InChI=1S/C4H6O2.C4H10O2/c5-4-2-1-3-6-4;1-5-3-4-6-2/h1-3H2;3-4H2,1-2H3. The van der Waals surface area contributed by atoms with E-state index in [-0.39, 0.29) is 5.97 Å². The zero-order valence-corrected chi connectivity index (χ0v) is 7.67. The largest absolute Gasteiger partial charge is 0.466 e. The number of hydrogen-bond acceptors (Lipinski definition) is 4. The quantitative estimate of drug-likeness (QED) is 0.466. The number of rotatable bonds is 3. The smallest absolute Gasteiger partial charge is 0.305 e. The number of ether oxygens (including phenoxy) is 3. The summed E-state index contributed by atoms with van der Waals surface area (Å²) in [7, 11) is 3.30. The molecule has 0 aromatic heterocycles. The van der Waals surface area contributed by atoms with Crippen molar-refractivity contribution in [3.63, 3.8) is 0 Å². The Hall–Kier alpha value is -0.610. The molecule has 0 aliphatic carbocycles. The van der Waals surface area contributed by atoms with E-state index in [0.717, 1.165) is 6.42 Å². The van der Waals surface area contributed by atoms with Crippen molar-refractivity contribution in [1.82, 2.24) is 0 Å². The van der Waals surface area contributed by atoms with Crippen molar-refractivity contribution in [3.8, 4) is 0 Å². The van der Waals surface area contributed by atoms with Crippen molar-refractivity contribution in [2.45, 2.75) is 12.8 Å². The Kier molecular flexibility index (Phi) is 8.05. The number of carbonyl (C=O) groups excluding carboxylic acids is 1. The van der Waals surface area contributed by atoms with E-state index >= 15 is 0 Å². The molecule has 0 aromatic carbocycles. The molecule has 12 heavy (non-hydrogen) atoms. The van der Waals surface area contributed by atoms with Crippen LogP contribution in [0.2, 0.25) is 0 Å². The van der Waals surface area contributed by atoms with Crippen LogP contribution in [0.15, 0.2) is 0 Å². The van der Waals surface area contributed by atoms with Crippen LogP contribution in [-0.2, 0) is 19.0 Å². The summed E-state index contributed by atoms with van der Waals surface area (Å²) in [5.74, 6) is -0.0463. The lowest BCUT2D eigenvalue weighted by Gasteiger charge is -1.91. The minimum atomic E-state index is -0.0463. The fraction of sp³-hybridized carbons (Fsp3) is 0.875. The van der Waals surface area contributed by atoms with Gasteiger partial charge in [0.1, 0.15) is 0 Å². The first-order valence-electron chi connectivity index (χ1n) is 3.94. The average Bonchev–Trinajstić information content (AvgIpc) is 2.53. The molecule has 0 amide bonds. The van der Waals surface area contributed by atoms with Gasteiger partial charge < -0.3 is 14.2 Å². The third-order valence-electron chi connectivity index (χ3n) is 1.28. The van der Waals surface area contributed by atoms with E-state index in [9.17, 15) is 4.79 Å². The molecule has 1 heterocycles. The van der Waals surface area contributed by atoms with Crippen LogP contribution in [0.25, 0.3) is 0 Å². The molecule has 4 heteroatoms. The Balaban J connectivity index is 0.000000202. The third-order valence-corrected chi connectivity index (χ3v) is 1.28. The summed E-state index contributed by atoms with van der Waals surface area (Å²) in [5.41, 5.74) is 0. The molecule has 72 valence electrons. The molecule has 0 saturated carbocycles. The van der Waals surface area contributed by atoms with Gasteiger partial charge in [0, 0.05) is 20.6 Å². The minimum Gasteiger partial charge on any atom is -0.466 e. The second-order valence-electron chi connectivity index (χ2n) is 2.31. The van der Waals surface area contributed by atoms with Crippen LogP contribution in [0.3, 0.4) is 0 Å². The first-order valence-corrected chi connectivity index (χ1v) is 3.94. The third kappa shape index (κ3) is 7.50. The van der Waals surface area contributed by atoms with Crippen LogP contribution in [0.4, 0.5) is 0 Å². The first kappa shape index (κ1) is 11.4. The predicted molar refractivity (Wildman–Crippen MR) is 43.9 cm³/mol. The molecule has 0 spiro atoms. The lowest BCUT2D eigenvalue weighted by atomic mass is 10.4. The van der Waals surface area contributed by atoms with Gasteiger partial charge in [-0.15, -0.1) is 0 Å². The van der Waals surface area contributed by atoms with Gasteiger partial charge in [-0.3, -0.25) is 4.79 Å². The number of methoxy groups -OCH3 is 2. The average molecular weight is 176 g/mol. The molecule has 1 fully saturated rings. The van der Waals surface area contributed by atoms with Gasteiger partial charge in [-0.2, -0.15) is 0 Å². The van der Waals surface area contributed by atoms with Gasteiger partial charge in [-0.1, -0.05) is 0 Å². The summed E-state index contributed by atoms with van der Waals surface area (Å²) in [6.07, 6.45) is 1.54. The van der Waals surface area contributed by atoms with E-state index in [4.69, 9.17) is 0 Å². The molecule has 1 aliphatic heterocycles. The molecule has 1 rings (SSSR count). The van der Waals surface area contributed by atoms with Crippen LogP contribution in [0.1, 0.15) is 12.8 Å². The zero-order valence-electron chi connectivity index (χ0n) is 7.67. The van der Waals surface area contributed by atoms with E-state index in [2.05, 4.69) is 14.2 Å². The fourth-order valence-electron chi connectivity index (χ4n) is 0.641. The van der Waals surface area contributed by atoms with Crippen molar-refractivity contribution in [3.05, 3.63) is 0 Å². The fourth-order valence-corrected chi connectivity index (χ4v) is 0.641. The lowest BCUT2D eigenvalue weighted by Crippen LogP contribution is -1.96. The van der Waals surface area contributed by atoms with E-state index in [1.54, 1.807) is 14.2 Å². The Bertz CT molecular complexity index is 102. The van der Waals surface area contributed by atoms with Crippen molar-refractivity contribution < 1.29 is 19.0 Å². The van der Waals surface area contributed by atoms with Crippen molar-refractivity contribution in [2.75, 3.05) is 34.0 Å². The van der Waals surface area contributed by atoms with Gasteiger partial charge in [0.2, 0.25) is 0 Å². The second-order valence-corrected chi connectivity index (χ2v) is 2.31. The molecule has 0 atom stereocenters. The van der Waals surface area contributed by atoms with Gasteiger partial charge in [-0.05, 0) is 6.42 Å². The molecule has 0 N–H and O–H groups in total. The van der Waals surface area contributed by atoms with Crippen molar-refractivity contribution in [1.29, 1.82) is 0 Å². The predicted octanol–water partition coefficient (Wildman–Crippen LogP) is 0.603. The van der Waals surface area contributed by atoms with Gasteiger partial charge in [0.05, 0.1) is 19.8 Å². The number of cyclic esters (lactones) is 1. The van der Waals surface area contributed by atoms with Crippen LogP contribution in [0, 0.1) is 0 Å². The summed E-state index contributed by atoms with van der Waals surface area (Å²) in [6, 6.07) is 0. The Morgan fingerprint density at radius 3 is 2.08 bits per heavy atom. The highest BCUT2D eigenvalue weighted by atomic mass is 16.5. The SMILES string of the molecule is COCCOC.O=C1CCCO1. The zero-order chi connectivity index (χ0) is 9.23. The van der Waals surface area contributed by atoms with Gasteiger partial charge in [-0.25, -0.2) is 0 Å². The van der Waals surface area contributed by atoms with Crippen LogP contribution in [-0.4, -0.2) is 40.0 Å². The highest BCUT2D eigenvalue weighted by molar-refractivity contribution is 5.70. The number of carbonyl (C=O) groups is 1. The molecule has 1 aliphatic rings. The lowest BCUT2D eigenvalue weighted by molar-refractivity contribution is -0.137. The summed E-state index contributed by atoms with van der Waals surface area (Å²) in [4.78, 5) is 10.0. The monoisotopic (exact) mass is 176 g/mol. The van der Waals surface area contributed by atoms with Gasteiger partial charge >= 0.3 is 5.97 Å². The second kappa shape index (κ2) is 8.49. The Morgan fingerprint density at radius 1 is 1.33 bits per heavy atom. The van der Waals surface area contributed by atoms with Crippen LogP contribution in [0.5, 0.6) is 0 Å². The molecule has 4 nitrogen and oxygen atoms in total. The highest BCUT2D eigenvalue weighted by Gasteiger charge is 2.08. The van der Waals surface area contributed by atoms with E-state index in [1.807, 2.05) is 0 Å². The topological polar surface area (TPSA) is 44.8 Å². The summed E-state index contributed by atoms with van der Waals surface area (Å²) in [5, 5.41) is 0. The molecule has 0 unspecified atom stereocenters. The van der Waals surface area contributed by atoms with E-state index in [0.29, 0.717) is 26.2 Å². The molecule has 1 saturated heterocycles. The van der Waals surface area contributed by atoms with Crippen LogP contribution < -0.4 is 0 Å². The van der Waals surface area contributed by atoms with Gasteiger partial charge in [0.25, 0.3) is 0 Å². The van der Waals surface area contributed by atoms with Gasteiger partial charge in [0.15, 0.2) is 0 Å². The molecular formula is C8H16O4. The first-order chi connectivity index (χ1) is 5.81. The summed E-state index contributed by atoms with van der Waals surface area (Å²) >= 11 is 0. The molecule has 0 bridgehead atoms.